The number of fused-ring (bicyclic) bond motifs is 1. The maximum atomic E-state index is 12.6. The molecule has 0 saturated carbocycles. The van der Waals surface area contributed by atoms with Gasteiger partial charge in [0.05, 0.1) is 12.6 Å². The van der Waals surface area contributed by atoms with Crippen LogP contribution in [-0.2, 0) is 23.0 Å². The summed E-state index contributed by atoms with van der Waals surface area (Å²) >= 11 is 5.98. The third-order valence-corrected chi connectivity index (χ3v) is 4.88. The maximum Gasteiger partial charge on any atom is 0.307 e. The molecule has 1 atom stereocenters. The molecule has 30 heavy (non-hydrogen) atoms. The summed E-state index contributed by atoms with van der Waals surface area (Å²) in [6.45, 7) is 0. The van der Waals surface area contributed by atoms with Crippen LogP contribution >= 0.6 is 11.6 Å². The lowest BCUT2D eigenvalue weighted by molar-refractivity contribution is -0.147. The predicted octanol–water partition coefficient (Wildman–Crippen LogP) is 2.97. The van der Waals surface area contributed by atoms with E-state index in [2.05, 4.69) is 20.1 Å². The van der Waals surface area contributed by atoms with Crippen LogP contribution < -0.4 is 5.56 Å². The second-order valence-corrected chi connectivity index (χ2v) is 7.16. The van der Waals surface area contributed by atoms with E-state index in [1.54, 1.807) is 37.6 Å². The lowest BCUT2D eigenvalue weighted by Gasteiger charge is -2.18. The third kappa shape index (κ3) is 4.23. The van der Waals surface area contributed by atoms with Gasteiger partial charge in [0, 0.05) is 36.4 Å². The van der Waals surface area contributed by atoms with Crippen LogP contribution in [0.15, 0.2) is 59.8 Å². The third-order valence-electron chi connectivity index (χ3n) is 4.63. The zero-order valence-electron chi connectivity index (χ0n) is 16.1. The summed E-state index contributed by atoms with van der Waals surface area (Å²) in [4.78, 5) is 35.9. The van der Waals surface area contributed by atoms with Crippen molar-refractivity contribution in [2.45, 2.75) is 18.9 Å². The van der Waals surface area contributed by atoms with Crippen LogP contribution in [0.2, 0.25) is 5.02 Å². The molecule has 0 radical (unpaired) electrons. The van der Waals surface area contributed by atoms with Gasteiger partial charge in [-0.2, -0.15) is 5.10 Å². The SMILES string of the molecule is Cn1ncc2c(=O)[nH]c(CCC(=O)OC(c3ccc(Cl)cc3)c3cccnc3)nc21. The lowest BCUT2D eigenvalue weighted by Crippen LogP contribution is -2.16. The minimum absolute atomic E-state index is 0.0522. The highest BCUT2D eigenvalue weighted by molar-refractivity contribution is 6.30. The van der Waals surface area contributed by atoms with Crippen molar-refractivity contribution < 1.29 is 9.53 Å². The van der Waals surface area contributed by atoms with Crippen molar-refractivity contribution in [3.63, 3.8) is 0 Å². The number of halogens is 1. The number of nitrogens with one attached hydrogen (secondary N) is 1. The molecular formula is C21H18ClN5O3. The van der Waals surface area contributed by atoms with Gasteiger partial charge in [-0.3, -0.25) is 19.3 Å². The van der Waals surface area contributed by atoms with E-state index in [4.69, 9.17) is 16.3 Å². The number of nitrogens with zero attached hydrogens (tertiary/aromatic N) is 4. The standard InChI is InChI=1S/C21H18ClN5O3/c1-27-20-16(12-24-27)21(29)26-17(25-20)8-9-18(28)30-19(14-3-2-10-23-11-14)13-4-6-15(22)7-5-13/h2-7,10-12,19H,8-9H2,1H3,(H,25,26,29). The Bertz CT molecular complexity index is 1240. The second-order valence-electron chi connectivity index (χ2n) is 6.73. The van der Waals surface area contributed by atoms with Crippen LogP contribution in [0.3, 0.4) is 0 Å². The Labute approximate surface area is 176 Å². The van der Waals surface area contributed by atoms with Crippen LogP contribution in [0.4, 0.5) is 0 Å². The van der Waals surface area contributed by atoms with E-state index in [1.165, 1.54) is 10.9 Å². The van der Waals surface area contributed by atoms with Gasteiger partial charge in [0.1, 0.15) is 11.2 Å². The normalized spacial score (nSPS) is 12.1. The number of H-pyrrole nitrogens is 1. The van der Waals surface area contributed by atoms with E-state index < -0.39 is 12.1 Å². The highest BCUT2D eigenvalue weighted by Gasteiger charge is 2.20. The molecule has 4 rings (SSSR count). The molecule has 0 amide bonds. The van der Waals surface area contributed by atoms with Crippen LogP contribution in [-0.4, -0.2) is 30.7 Å². The summed E-state index contributed by atoms with van der Waals surface area (Å²) in [5, 5.41) is 5.03. The molecule has 9 heteroatoms. The summed E-state index contributed by atoms with van der Waals surface area (Å²) < 4.78 is 7.27. The van der Waals surface area contributed by atoms with E-state index in [0.29, 0.717) is 21.9 Å². The van der Waals surface area contributed by atoms with Crippen LogP contribution in [0, 0.1) is 0 Å². The van der Waals surface area contributed by atoms with Gasteiger partial charge >= 0.3 is 5.97 Å². The number of hydrogen-bond donors (Lipinski definition) is 1. The summed E-state index contributed by atoms with van der Waals surface area (Å²) in [7, 11) is 1.71. The highest BCUT2D eigenvalue weighted by Crippen LogP contribution is 2.27. The van der Waals surface area contributed by atoms with E-state index >= 15 is 0 Å². The molecule has 8 nitrogen and oxygen atoms in total. The number of aromatic amines is 1. The lowest BCUT2D eigenvalue weighted by atomic mass is 10.0. The van der Waals surface area contributed by atoms with Gasteiger partial charge in [-0.1, -0.05) is 29.8 Å². The molecule has 4 aromatic rings. The maximum absolute atomic E-state index is 12.6. The first-order valence-corrected chi connectivity index (χ1v) is 9.65. The zero-order valence-corrected chi connectivity index (χ0v) is 16.8. The number of ether oxygens (including phenoxy) is 1. The quantitative estimate of drug-likeness (QED) is 0.478. The monoisotopic (exact) mass is 423 g/mol. The molecule has 1 N–H and O–H groups in total. The average molecular weight is 424 g/mol. The number of benzene rings is 1. The molecule has 0 fully saturated rings. The van der Waals surface area contributed by atoms with Crippen molar-refractivity contribution in [2.75, 3.05) is 0 Å². The van der Waals surface area contributed by atoms with Gasteiger partial charge in [0.2, 0.25) is 0 Å². The Hall–Kier alpha value is -3.52. The van der Waals surface area contributed by atoms with Gasteiger partial charge in [-0.05, 0) is 23.8 Å². The molecule has 0 saturated heterocycles. The number of rotatable bonds is 6. The molecule has 1 aromatic carbocycles. The van der Waals surface area contributed by atoms with Crippen molar-refractivity contribution in [3.8, 4) is 0 Å². The Kier molecular flexibility index (Phi) is 5.58. The minimum atomic E-state index is -0.616. The Balaban J connectivity index is 1.51. The number of hydrogen-bond acceptors (Lipinski definition) is 6. The molecule has 0 aliphatic heterocycles. The largest absolute Gasteiger partial charge is 0.452 e. The number of aryl methyl sites for hydroxylation is 2. The molecule has 3 heterocycles. The molecule has 152 valence electrons. The molecule has 0 aliphatic rings. The van der Waals surface area contributed by atoms with E-state index in [-0.39, 0.29) is 18.4 Å². The fraction of sp³-hybridized carbons (Fsp3) is 0.190. The molecule has 3 aromatic heterocycles. The fourth-order valence-electron chi connectivity index (χ4n) is 3.10. The van der Waals surface area contributed by atoms with E-state index in [0.717, 1.165) is 11.1 Å². The van der Waals surface area contributed by atoms with Crippen LogP contribution in [0.5, 0.6) is 0 Å². The summed E-state index contributed by atoms with van der Waals surface area (Å²) in [5.41, 5.74) is 1.71. The molecular weight excluding hydrogens is 406 g/mol. The molecule has 1 unspecified atom stereocenters. The number of carbonyl (C=O) groups is 1. The minimum Gasteiger partial charge on any atom is -0.452 e. The van der Waals surface area contributed by atoms with E-state index in [1.807, 2.05) is 18.2 Å². The van der Waals surface area contributed by atoms with Gasteiger partial charge < -0.3 is 9.72 Å². The molecule has 0 bridgehead atoms. The number of aromatic nitrogens is 5. The highest BCUT2D eigenvalue weighted by atomic mass is 35.5. The topological polar surface area (TPSA) is 103 Å². The second kappa shape index (κ2) is 8.46. The van der Waals surface area contributed by atoms with Crippen molar-refractivity contribution in [1.29, 1.82) is 0 Å². The summed E-state index contributed by atoms with van der Waals surface area (Å²) in [6.07, 6.45) is 4.44. The van der Waals surface area contributed by atoms with Gasteiger partial charge in [0.15, 0.2) is 11.8 Å². The predicted molar refractivity (Wildman–Crippen MR) is 111 cm³/mol. The number of pyridine rings is 1. The van der Waals surface area contributed by atoms with E-state index in [9.17, 15) is 9.59 Å². The number of esters is 1. The summed E-state index contributed by atoms with van der Waals surface area (Å²) in [5.74, 6) is -0.0241. The molecule has 0 spiro atoms. The van der Waals surface area contributed by atoms with Crippen LogP contribution in [0.1, 0.15) is 29.5 Å². The average Bonchev–Trinajstić information content (AvgIpc) is 3.13. The van der Waals surface area contributed by atoms with Gasteiger partial charge in [-0.15, -0.1) is 0 Å². The van der Waals surface area contributed by atoms with Crippen molar-refractivity contribution in [1.82, 2.24) is 24.7 Å². The first-order valence-electron chi connectivity index (χ1n) is 9.27. The van der Waals surface area contributed by atoms with Crippen molar-refractivity contribution >= 4 is 28.6 Å². The first kappa shape index (κ1) is 19.8. The zero-order chi connectivity index (χ0) is 21.1. The van der Waals surface area contributed by atoms with Crippen molar-refractivity contribution in [2.24, 2.45) is 7.05 Å². The smallest absolute Gasteiger partial charge is 0.307 e. The van der Waals surface area contributed by atoms with Gasteiger partial charge in [-0.25, -0.2) is 4.98 Å². The van der Waals surface area contributed by atoms with Crippen LogP contribution in [0.25, 0.3) is 11.0 Å². The molecule has 0 aliphatic carbocycles. The summed E-state index contributed by atoms with van der Waals surface area (Å²) in [6, 6.07) is 10.7. The van der Waals surface area contributed by atoms with Crippen molar-refractivity contribution in [3.05, 3.63) is 87.3 Å². The van der Waals surface area contributed by atoms with Gasteiger partial charge in [0.25, 0.3) is 5.56 Å². The Morgan fingerprint density at radius 1 is 1.20 bits per heavy atom. The Morgan fingerprint density at radius 2 is 2.00 bits per heavy atom. The fourth-order valence-corrected chi connectivity index (χ4v) is 3.23. The Morgan fingerprint density at radius 3 is 2.73 bits per heavy atom. The first-order chi connectivity index (χ1) is 14.5. The number of carbonyl (C=O) groups excluding carboxylic acids is 1.